The summed E-state index contributed by atoms with van der Waals surface area (Å²) in [7, 11) is -3.54. The van der Waals surface area contributed by atoms with E-state index in [0.29, 0.717) is 23.2 Å². The van der Waals surface area contributed by atoms with Gasteiger partial charge in [0.1, 0.15) is 4.90 Å². The van der Waals surface area contributed by atoms with Gasteiger partial charge in [0, 0.05) is 18.2 Å². The first-order chi connectivity index (χ1) is 9.53. The van der Waals surface area contributed by atoms with Crippen LogP contribution in [0.5, 0.6) is 0 Å². The Balaban J connectivity index is 2.02. The van der Waals surface area contributed by atoms with Crippen molar-refractivity contribution in [3.8, 4) is 0 Å². The zero-order valence-corrected chi connectivity index (χ0v) is 12.3. The molecule has 5 nitrogen and oxygen atoms in total. The minimum absolute atomic E-state index is 0.290. The van der Waals surface area contributed by atoms with Crippen molar-refractivity contribution in [3.63, 3.8) is 0 Å². The maximum absolute atomic E-state index is 12.1. The highest BCUT2D eigenvalue weighted by Crippen LogP contribution is 2.31. The van der Waals surface area contributed by atoms with Crippen LogP contribution in [0.25, 0.3) is 0 Å². The van der Waals surface area contributed by atoms with Crippen molar-refractivity contribution in [2.45, 2.75) is 30.7 Å². The molecular formula is C14H19N3O2S. The Morgan fingerprint density at radius 2 is 2.10 bits per heavy atom. The lowest BCUT2D eigenvalue weighted by Gasteiger charge is -2.39. The molecule has 3 rings (SSSR count). The zero-order chi connectivity index (χ0) is 14.3. The molecule has 0 amide bonds. The summed E-state index contributed by atoms with van der Waals surface area (Å²) in [6.07, 6.45) is 2.11. The van der Waals surface area contributed by atoms with Crippen LogP contribution in [0, 0.1) is 5.92 Å². The van der Waals surface area contributed by atoms with Gasteiger partial charge in [0.2, 0.25) is 0 Å². The average molecular weight is 293 g/mol. The van der Waals surface area contributed by atoms with Gasteiger partial charge < -0.3 is 10.6 Å². The van der Waals surface area contributed by atoms with Crippen molar-refractivity contribution in [1.82, 2.24) is 4.90 Å². The van der Waals surface area contributed by atoms with Crippen molar-refractivity contribution >= 4 is 15.9 Å². The summed E-state index contributed by atoms with van der Waals surface area (Å²) in [6.45, 7) is 3.52. The third-order valence-electron chi connectivity index (χ3n) is 4.20. The Kier molecular flexibility index (Phi) is 3.30. The summed E-state index contributed by atoms with van der Waals surface area (Å²) in [5.74, 6) is 0.996. The van der Waals surface area contributed by atoms with Gasteiger partial charge in [-0.3, -0.25) is 0 Å². The normalized spacial score (nSPS) is 28.1. The first-order valence-electron chi connectivity index (χ1n) is 6.94. The standard InChI is InChI=1S/C14H19N3O2S/c1-10-6-7-11(8-15)9-17(10)14-12-4-2-3-5-13(12)20(18,19)16-14/h2-5,10-11H,6-9,15H2,1H3. The molecule has 2 aliphatic rings. The molecule has 2 heterocycles. The van der Waals surface area contributed by atoms with Crippen molar-refractivity contribution in [1.29, 1.82) is 0 Å². The molecule has 1 saturated heterocycles. The van der Waals surface area contributed by atoms with Gasteiger partial charge in [0.15, 0.2) is 5.84 Å². The molecule has 1 aromatic carbocycles. The van der Waals surface area contributed by atoms with Crippen LogP contribution in [0.3, 0.4) is 0 Å². The maximum atomic E-state index is 12.1. The largest absolute Gasteiger partial charge is 0.352 e. The summed E-state index contributed by atoms with van der Waals surface area (Å²) in [6, 6.07) is 7.33. The van der Waals surface area contributed by atoms with E-state index in [1.807, 2.05) is 12.1 Å². The second-order valence-corrected chi connectivity index (χ2v) is 7.14. The first kappa shape index (κ1) is 13.6. The summed E-state index contributed by atoms with van der Waals surface area (Å²) in [5, 5.41) is 0. The fourth-order valence-corrected chi connectivity index (χ4v) is 4.18. The number of sulfonamides is 1. The summed E-state index contributed by atoms with van der Waals surface area (Å²) < 4.78 is 28.3. The van der Waals surface area contributed by atoms with Crippen LogP contribution in [-0.4, -0.2) is 38.3 Å². The Hall–Kier alpha value is -1.40. The number of fused-ring (bicyclic) bond motifs is 1. The summed E-state index contributed by atoms with van der Waals surface area (Å²) >= 11 is 0. The second kappa shape index (κ2) is 4.86. The molecule has 1 fully saturated rings. The highest BCUT2D eigenvalue weighted by Gasteiger charge is 2.35. The molecule has 2 unspecified atom stereocenters. The number of likely N-dealkylation sites (tertiary alicyclic amines) is 1. The number of hydrogen-bond acceptors (Lipinski definition) is 4. The lowest BCUT2D eigenvalue weighted by Crippen LogP contribution is -2.47. The van der Waals surface area contributed by atoms with Crippen LogP contribution < -0.4 is 5.73 Å². The molecule has 0 saturated carbocycles. The monoisotopic (exact) mass is 293 g/mol. The van der Waals surface area contributed by atoms with Gasteiger partial charge in [-0.2, -0.15) is 8.42 Å². The van der Waals surface area contributed by atoms with E-state index < -0.39 is 10.0 Å². The van der Waals surface area contributed by atoms with Crippen LogP contribution in [0.4, 0.5) is 0 Å². The van der Waals surface area contributed by atoms with E-state index in [1.165, 1.54) is 0 Å². The van der Waals surface area contributed by atoms with Crippen LogP contribution in [0.2, 0.25) is 0 Å². The van der Waals surface area contributed by atoms with Gasteiger partial charge in [-0.25, -0.2) is 0 Å². The number of hydrogen-bond donors (Lipinski definition) is 1. The molecule has 6 heteroatoms. The predicted molar refractivity (Wildman–Crippen MR) is 78.1 cm³/mol. The minimum atomic E-state index is -3.54. The topological polar surface area (TPSA) is 75.8 Å². The molecule has 2 N–H and O–H groups in total. The van der Waals surface area contributed by atoms with Crippen molar-refractivity contribution in [2.75, 3.05) is 13.1 Å². The Morgan fingerprint density at radius 1 is 1.35 bits per heavy atom. The maximum Gasteiger partial charge on any atom is 0.285 e. The Bertz CT molecular complexity index is 654. The summed E-state index contributed by atoms with van der Waals surface area (Å²) in [4.78, 5) is 2.42. The van der Waals surface area contributed by atoms with Crippen LogP contribution in [0.1, 0.15) is 25.3 Å². The molecule has 0 aliphatic carbocycles. The Morgan fingerprint density at radius 3 is 2.85 bits per heavy atom. The number of amidine groups is 1. The lowest BCUT2D eigenvalue weighted by molar-refractivity contribution is 0.201. The fraction of sp³-hybridized carbons (Fsp3) is 0.500. The molecule has 0 spiro atoms. The minimum Gasteiger partial charge on any atom is -0.352 e. The predicted octanol–water partition coefficient (Wildman–Crippen LogP) is 1.19. The van der Waals surface area contributed by atoms with E-state index in [1.54, 1.807) is 12.1 Å². The van der Waals surface area contributed by atoms with Gasteiger partial charge in [0.25, 0.3) is 10.0 Å². The van der Waals surface area contributed by atoms with E-state index >= 15 is 0 Å². The zero-order valence-electron chi connectivity index (χ0n) is 11.5. The second-order valence-electron chi connectivity index (χ2n) is 5.57. The molecule has 108 valence electrons. The molecule has 1 aromatic rings. The molecule has 0 radical (unpaired) electrons. The molecule has 20 heavy (non-hydrogen) atoms. The fourth-order valence-electron chi connectivity index (χ4n) is 2.97. The SMILES string of the molecule is CC1CCC(CN)CN1C1=NS(=O)(=O)c2ccccc21. The van der Waals surface area contributed by atoms with E-state index in [4.69, 9.17) is 5.73 Å². The first-order valence-corrected chi connectivity index (χ1v) is 8.38. The third-order valence-corrected chi connectivity index (χ3v) is 5.52. The van der Waals surface area contributed by atoms with Gasteiger partial charge in [0.05, 0.1) is 0 Å². The summed E-state index contributed by atoms with van der Waals surface area (Å²) in [5.41, 5.74) is 6.49. The lowest BCUT2D eigenvalue weighted by atomic mass is 9.93. The number of piperidine rings is 1. The van der Waals surface area contributed by atoms with E-state index in [2.05, 4.69) is 16.2 Å². The Labute approximate surface area is 119 Å². The third kappa shape index (κ3) is 2.13. The molecule has 0 bridgehead atoms. The number of rotatable bonds is 1. The number of nitrogens with two attached hydrogens (primary N) is 1. The van der Waals surface area contributed by atoms with E-state index in [9.17, 15) is 8.42 Å². The van der Waals surface area contributed by atoms with Gasteiger partial charge in [-0.15, -0.1) is 4.40 Å². The average Bonchev–Trinajstić information content (AvgIpc) is 2.72. The van der Waals surface area contributed by atoms with Gasteiger partial charge >= 0.3 is 0 Å². The van der Waals surface area contributed by atoms with Crippen molar-refractivity contribution < 1.29 is 8.42 Å². The number of benzene rings is 1. The van der Waals surface area contributed by atoms with Crippen LogP contribution >= 0.6 is 0 Å². The molecular weight excluding hydrogens is 274 g/mol. The van der Waals surface area contributed by atoms with Crippen LogP contribution in [-0.2, 0) is 10.0 Å². The van der Waals surface area contributed by atoms with Crippen LogP contribution in [0.15, 0.2) is 33.6 Å². The van der Waals surface area contributed by atoms with E-state index in [0.717, 1.165) is 24.9 Å². The smallest absolute Gasteiger partial charge is 0.285 e. The van der Waals surface area contributed by atoms with Gasteiger partial charge in [-0.05, 0) is 44.4 Å². The number of nitrogens with zero attached hydrogens (tertiary/aromatic N) is 2. The van der Waals surface area contributed by atoms with Crippen molar-refractivity contribution in [2.24, 2.45) is 16.0 Å². The highest BCUT2D eigenvalue weighted by molar-refractivity contribution is 7.90. The van der Waals surface area contributed by atoms with Crippen molar-refractivity contribution in [3.05, 3.63) is 29.8 Å². The highest BCUT2D eigenvalue weighted by atomic mass is 32.2. The molecule has 2 atom stereocenters. The van der Waals surface area contributed by atoms with Gasteiger partial charge in [-0.1, -0.05) is 12.1 Å². The molecule has 0 aromatic heterocycles. The van der Waals surface area contributed by atoms with E-state index in [-0.39, 0.29) is 6.04 Å². The molecule has 2 aliphatic heterocycles. The quantitative estimate of drug-likeness (QED) is 0.844.